The van der Waals surface area contributed by atoms with Crippen LogP contribution >= 0.6 is 11.3 Å². The zero-order chi connectivity index (χ0) is 14.6. The Morgan fingerprint density at radius 3 is 2.58 bits per heavy atom. The maximum absolute atomic E-state index is 11.7. The van der Waals surface area contributed by atoms with Gasteiger partial charge in [-0.05, 0) is 38.8 Å². The minimum Gasteiger partial charge on any atom is -0.465 e. The highest BCUT2D eigenvalue weighted by atomic mass is 32.1. The smallest absolute Gasteiger partial charge is 0.412 e. The van der Waals surface area contributed by atoms with Crippen LogP contribution in [0.5, 0.6) is 0 Å². The number of nitrogens with one attached hydrogen (secondary N) is 1. The minimum atomic E-state index is -0.524. The fraction of sp³-hybridized carbons (Fsp3) is 0.538. The molecule has 0 saturated heterocycles. The first-order valence-electron chi connectivity index (χ1n) is 5.98. The van der Waals surface area contributed by atoms with Gasteiger partial charge in [-0.1, -0.05) is 6.92 Å². The number of hydrogen-bond donors (Lipinski definition) is 1. The number of aryl methyl sites for hydroxylation is 1. The van der Waals surface area contributed by atoms with E-state index in [2.05, 4.69) is 10.1 Å². The molecule has 0 spiro atoms. The first-order valence-corrected chi connectivity index (χ1v) is 6.79. The van der Waals surface area contributed by atoms with Gasteiger partial charge < -0.3 is 9.47 Å². The van der Waals surface area contributed by atoms with Gasteiger partial charge in [0.1, 0.15) is 10.5 Å². The Morgan fingerprint density at radius 1 is 1.42 bits per heavy atom. The number of hydrogen-bond acceptors (Lipinski definition) is 5. The maximum Gasteiger partial charge on any atom is 0.412 e. The van der Waals surface area contributed by atoms with Crippen molar-refractivity contribution in [1.82, 2.24) is 0 Å². The van der Waals surface area contributed by atoms with Crippen LogP contribution in [0.15, 0.2) is 6.07 Å². The van der Waals surface area contributed by atoms with E-state index in [1.807, 2.05) is 20.8 Å². The Morgan fingerprint density at radius 2 is 2.05 bits per heavy atom. The van der Waals surface area contributed by atoms with Crippen LogP contribution in [0.2, 0.25) is 0 Å². The van der Waals surface area contributed by atoms with E-state index in [4.69, 9.17) is 4.74 Å². The summed E-state index contributed by atoms with van der Waals surface area (Å²) in [5.74, 6) is -0.405. The second-order valence-corrected chi connectivity index (χ2v) is 5.79. The van der Waals surface area contributed by atoms with Crippen LogP contribution < -0.4 is 5.32 Å². The Hall–Kier alpha value is -1.56. The van der Waals surface area contributed by atoms with E-state index in [0.29, 0.717) is 9.88 Å². The molecule has 1 rings (SSSR count). The first-order chi connectivity index (χ1) is 8.79. The standard InChI is InChI=1S/C13H19NO4S/c1-6-13(3,4)18-12(16)14-9-7-8(2)10(19-9)11(15)17-5/h7H,6H2,1-5H3,(H,14,16). The lowest BCUT2D eigenvalue weighted by atomic mass is 10.1. The van der Waals surface area contributed by atoms with Gasteiger partial charge in [-0.3, -0.25) is 5.32 Å². The number of methoxy groups -OCH3 is 1. The molecule has 0 aliphatic heterocycles. The Balaban J connectivity index is 2.73. The van der Waals surface area contributed by atoms with Crippen molar-refractivity contribution in [3.8, 4) is 0 Å². The Kier molecular flexibility index (Phi) is 4.94. The van der Waals surface area contributed by atoms with E-state index in [-0.39, 0.29) is 0 Å². The fourth-order valence-corrected chi connectivity index (χ4v) is 2.26. The van der Waals surface area contributed by atoms with E-state index in [1.165, 1.54) is 18.4 Å². The molecule has 0 fully saturated rings. The number of ether oxygens (including phenoxy) is 2. The topological polar surface area (TPSA) is 64.6 Å². The Labute approximate surface area is 116 Å². The molecular weight excluding hydrogens is 266 g/mol. The fourth-order valence-electron chi connectivity index (χ4n) is 1.29. The minimum absolute atomic E-state index is 0.405. The third kappa shape index (κ3) is 4.24. The molecule has 1 heterocycles. The summed E-state index contributed by atoms with van der Waals surface area (Å²) in [6.07, 6.45) is 0.196. The van der Waals surface area contributed by atoms with Crippen LogP contribution in [0, 0.1) is 6.92 Å². The van der Waals surface area contributed by atoms with Gasteiger partial charge in [0.2, 0.25) is 0 Å². The van der Waals surface area contributed by atoms with E-state index in [1.54, 1.807) is 13.0 Å². The van der Waals surface area contributed by atoms with Crippen molar-refractivity contribution in [3.63, 3.8) is 0 Å². The van der Waals surface area contributed by atoms with Gasteiger partial charge in [-0.25, -0.2) is 9.59 Å². The average Bonchev–Trinajstić information content (AvgIpc) is 2.68. The second kappa shape index (κ2) is 6.06. The molecule has 0 radical (unpaired) electrons. The largest absolute Gasteiger partial charge is 0.465 e. The van der Waals surface area contributed by atoms with Crippen molar-refractivity contribution in [3.05, 3.63) is 16.5 Å². The summed E-state index contributed by atoms with van der Waals surface area (Å²) in [6, 6.07) is 1.72. The molecule has 0 aliphatic carbocycles. The van der Waals surface area contributed by atoms with Crippen molar-refractivity contribution >= 4 is 28.4 Å². The van der Waals surface area contributed by atoms with E-state index < -0.39 is 17.7 Å². The van der Waals surface area contributed by atoms with E-state index >= 15 is 0 Å². The van der Waals surface area contributed by atoms with Crippen LogP contribution in [0.1, 0.15) is 42.4 Å². The molecule has 0 aromatic carbocycles. The van der Waals surface area contributed by atoms with Gasteiger partial charge in [0.25, 0.3) is 0 Å². The van der Waals surface area contributed by atoms with Gasteiger partial charge in [-0.2, -0.15) is 0 Å². The molecule has 106 valence electrons. The molecule has 6 heteroatoms. The van der Waals surface area contributed by atoms with Crippen LogP contribution in [0.4, 0.5) is 9.80 Å². The number of carbonyl (C=O) groups excluding carboxylic acids is 2. The average molecular weight is 285 g/mol. The number of anilines is 1. The summed E-state index contributed by atoms with van der Waals surface area (Å²) >= 11 is 1.17. The van der Waals surface area contributed by atoms with E-state index in [9.17, 15) is 9.59 Å². The summed E-state index contributed by atoms with van der Waals surface area (Å²) in [5.41, 5.74) is 0.253. The molecule has 1 amide bonds. The van der Waals surface area contributed by atoms with Crippen molar-refractivity contribution in [2.24, 2.45) is 0 Å². The molecule has 5 nitrogen and oxygen atoms in total. The zero-order valence-corrected chi connectivity index (χ0v) is 12.6. The highest BCUT2D eigenvalue weighted by Gasteiger charge is 2.21. The van der Waals surface area contributed by atoms with Crippen molar-refractivity contribution in [2.45, 2.75) is 39.7 Å². The molecule has 0 bridgehead atoms. The zero-order valence-electron chi connectivity index (χ0n) is 11.8. The van der Waals surface area contributed by atoms with Crippen molar-refractivity contribution in [2.75, 3.05) is 12.4 Å². The lowest BCUT2D eigenvalue weighted by molar-refractivity contribution is 0.0462. The molecular formula is C13H19NO4S. The van der Waals surface area contributed by atoms with Crippen LogP contribution in [0.25, 0.3) is 0 Å². The second-order valence-electron chi connectivity index (χ2n) is 4.74. The third-order valence-corrected chi connectivity index (χ3v) is 3.87. The quantitative estimate of drug-likeness (QED) is 0.859. The van der Waals surface area contributed by atoms with Crippen LogP contribution in [-0.2, 0) is 9.47 Å². The molecule has 0 unspecified atom stereocenters. The number of esters is 1. The van der Waals surface area contributed by atoms with Gasteiger partial charge in [-0.15, -0.1) is 11.3 Å². The predicted molar refractivity (Wildman–Crippen MR) is 74.9 cm³/mol. The van der Waals surface area contributed by atoms with Crippen LogP contribution in [0.3, 0.4) is 0 Å². The monoisotopic (exact) mass is 285 g/mol. The van der Waals surface area contributed by atoms with E-state index in [0.717, 1.165) is 12.0 Å². The first kappa shape index (κ1) is 15.5. The summed E-state index contributed by atoms with van der Waals surface area (Å²) in [5, 5.41) is 3.19. The lowest BCUT2D eigenvalue weighted by Crippen LogP contribution is -2.29. The molecule has 19 heavy (non-hydrogen) atoms. The normalized spacial score (nSPS) is 11.0. The summed E-state index contributed by atoms with van der Waals surface area (Å²) in [6.45, 7) is 7.41. The number of thiophene rings is 1. The number of rotatable bonds is 4. The van der Waals surface area contributed by atoms with Gasteiger partial charge in [0.05, 0.1) is 12.1 Å². The highest BCUT2D eigenvalue weighted by Crippen LogP contribution is 2.27. The molecule has 1 aromatic heterocycles. The van der Waals surface area contributed by atoms with Crippen molar-refractivity contribution in [1.29, 1.82) is 0 Å². The Bertz CT molecular complexity index is 479. The molecule has 0 aliphatic rings. The third-order valence-electron chi connectivity index (χ3n) is 2.73. The summed E-state index contributed by atoms with van der Waals surface area (Å²) in [7, 11) is 1.33. The molecule has 1 N–H and O–H groups in total. The van der Waals surface area contributed by atoms with Crippen molar-refractivity contribution < 1.29 is 19.1 Å². The van der Waals surface area contributed by atoms with Gasteiger partial charge in [0, 0.05) is 0 Å². The number of amides is 1. The molecule has 0 atom stereocenters. The van der Waals surface area contributed by atoms with Gasteiger partial charge in [0.15, 0.2) is 0 Å². The molecule has 1 aromatic rings. The maximum atomic E-state index is 11.7. The SMILES string of the molecule is CCC(C)(C)OC(=O)Nc1cc(C)c(C(=O)OC)s1. The summed E-state index contributed by atoms with van der Waals surface area (Å²) in [4.78, 5) is 23.6. The number of carbonyl (C=O) groups is 2. The van der Waals surface area contributed by atoms with Crippen LogP contribution in [-0.4, -0.2) is 24.8 Å². The summed E-state index contributed by atoms with van der Waals surface area (Å²) < 4.78 is 9.93. The van der Waals surface area contributed by atoms with Gasteiger partial charge >= 0.3 is 12.1 Å². The highest BCUT2D eigenvalue weighted by molar-refractivity contribution is 7.18. The molecule has 0 saturated carbocycles. The lowest BCUT2D eigenvalue weighted by Gasteiger charge is -2.22. The predicted octanol–water partition coefficient (Wildman–Crippen LogP) is 3.58.